The normalized spacial score (nSPS) is 14.8. The number of hydrogen-bond acceptors (Lipinski definition) is 29. The molecule has 11 rings (SSSR count). The molecule has 1 saturated heterocycles. The second-order valence-electron chi connectivity index (χ2n) is 37.5. The molecule has 2 aliphatic carbocycles. The fourth-order valence-corrected chi connectivity index (χ4v) is 17.1. The highest BCUT2D eigenvalue weighted by atomic mass is 32.2. The van der Waals surface area contributed by atoms with Crippen LogP contribution in [0.3, 0.4) is 0 Å². The van der Waals surface area contributed by atoms with E-state index in [1.165, 1.54) is 74.4 Å². The van der Waals surface area contributed by atoms with Crippen LogP contribution in [0, 0.1) is 69.1 Å². The molecule has 0 amide bonds. The maximum absolute atomic E-state index is 11.5. The van der Waals surface area contributed by atoms with Gasteiger partial charge in [0.15, 0.2) is 15.6 Å². The van der Waals surface area contributed by atoms with Crippen molar-refractivity contribution < 1.29 is 92.1 Å². The molecule has 0 bridgehead atoms. The average molecular weight is 1900 g/mol. The van der Waals surface area contributed by atoms with Crippen molar-refractivity contribution >= 4 is 91.2 Å². The Bertz CT molecular complexity index is 4500. The monoisotopic (exact) mass is 1900 g/mol. The molecule has 744 valence electrons. The number of thioether (sulfide) groups is 2. The zero-order chi connectivity index (χ0) is 101. The average Bonchev–Trinajstić information content (AvgIpc) is 1.63. The van der Waals surface area contributed by atoms with E-state index in [9.17, 15) is 56.4 Å². The molecule has 5 aliphatic rings. The predicted octanol–water partition coefficient (Wildman–Crippen LogP) is 11.0. The molecule has 9 heterocycles. The molecule has 6 aromatic heterocycles. The van der Waals surface area contributed by atoms with E-state index in [0.29, 0.717) is 81.5 Å². The van der Waals surface area contributed by atoms with Crippen molar-refractivity contribution in [3.63, 3.8) is 0 Å². The van der Waals surface area contributed by atoms with Crippen molar-refractivity contribution in [3.8, 4) is 0 Å². The highest BCUT2D eigenvalue weighted by Gasteiger charge is 2.33. The molecule has 33 nitrogen and oxygen atoms in total. The zero-order valence-electron chi connectivity index (χ0n) is 84.0. The van der Waals surface area contributed by atoms with Crippen LogP contribution in [-0.4, -0.2) is 225 Å². The lowest BCUT2D eigenvalue weighted by atomic mass is 9.82. The number of aliphatic hydroxyl groups is 7. The number of hydrogen-bond donors (Lipinski definition) is 9. The maximum atomic E-state index is 11.5. The third-order valence-corrected chi connectivity index (χ3v) is 24.4. The molecule has 0 spiro atoms. The lowest BCUT2D eigenvalue weighted by Crippen LogP contribution is -2.28. The van der Waals surface area contributed by atoms with Crippen LogP contribution in [0.1, 0.15) is 307 Å². The lowest BCUT2D eigenvalue weighted by molar-refractivity contribution is -0.136. The Labute approximate surface area is 787 Å². The first-order chi connectivity index (χ1) is 60.8. The van der Waals surface area contributed by atoms with E-state index < -0.39 is 20.7 Å². The second-order valence-corrected chi connectivity index (χ2v) is 41.6. The molecule has 6 aromatic rings. The Morgan fingerprint density at radius 2 is 0.901 bits per heavy atom. The van der Waals surface area contributed by atoms with E-state index in [-0.39, 0.29) is 164 Å². The van der Waals surface area contributed by atoms with Gasteiger partial charge >= 0.3 is 0 Å². The summed E-state index contributed by atoms with van der Waals surface area (Å²) in [6, 6.07) is 6.29. The SMILES string of the molecule is CC(=O)C1CCCC1=O.CC(=O)C1CSCC1=O.CC(=O)CC(C)=O.CC(C)(C)C(=O)CC(=O)C(C)(C)C.CC(C)C(=O)CC(=O)C(C)C.CC(C)c1cc(C(C)(C)C)nn1CCO.CC(C)c1cc(C(C)C)n(CCO)n1.Cc1cc(C)n(CCO)n1.Cc1nn(CCO)c2c1CCC2.Cc1nn(CCO)c2c1CS(=O)(=O)C2.Cc1nn(CCO)c2c1CSC2.NNCCO. The van der Waals surface area contributed by atoms with Gasteiger partial charge in [-0.1, -0.05) is 132 Å². The zero-order valence-corrected chi connectivity index (χ0v) is 86.4. The number of rotatable bonds is 27. The number of aromatic nitrogens is 12. The number of nitrogens with zero attached hydrogens (tertiary/aromatic N) is 12. The van der Waals surface area contributed by atoms with Gasteiger partial charge in [0.2, 0.25) is 0 Å². The van der Waals surface area contributed by atoms with Crippen molar-refractivity contribution in [2.75, 3.05) is 64.3 Å². The topological polar surface area (TPSA) is 491 Å². The molecule has 10 N–H and O–H groups in total. The molecule has 0 radical (unpaired) electrons. The summed E-state index contributed by atoms with van der Waals surface area (Å²) in [4.78, 5) is 108. The number of nitrogens with two attached hydrogens (primary N) is 1. The first kappa shape index (κ1) is 123. The smallest absolute Gasteiger partial charge is 0.160 e. The van der Waals surface area contributed by atoms with Crippen LogP contribution in [0.4, 0.5) is 0 Å². The van der Waals surface area contributed by atoms with Gasteiger partial charge in [0.05, 0.1) is 179 Å². The summed E-state index contributed by atoms with van der Waals surface area (Å²) in [5.74, 6) is 9.37. The van der Waals surface area contributed by atoms with Crippen LogP contribution in [0.2, 0.25) is 0 Å². The van der Waals surface area contributed by atoms with Gasteiger partial charge in [-0.15, -0.1) is 0 Å². The third-order valence-electron chi connectivity index (χ3n) is 20.9. The summed E-state index contributed by atoms with van der Waals surface area (Å²) < 4.78 is 33.8. The molecule has 3 aliphatic heterocycles. The van der Waals surface area contributed by atoms with E-state index in [4.69, 9.17) is 41.6 Å². The van der Waals surface area contributed by atoms with Gasteiger partial charge < -0.3 is 35.7 Å². The fourth-order valence-electron chi connectivity index (χ4n) is 13.0. The van der Waals surface area contributed by atoms with Crippen LogP contribution >= 0.6 is 23.5 Å². The van der Waals surface area contributed by atoms with Crippen molar-refractivity contribution in [2.45, 2.75) is 337 Å². The van der Waals surface area contributed by atoms with Gasteiger partial charge in [0.25, 0.3) is 0 Å². The Morgan fingerprint density at radius 1 is 0.458 bits per heavy atom. The molecule has 131 heavy (non-hydrogen) atoms. The lowest BCUT2D eigenvalue weighted by Gasteiger charge is -2.20. The Morgan fingerprint density at radius 3 is 1.25 bits per heavy atom. The van der Waals surface area contributed by atoms with Crippen molar-refractivity contribution in [2.24, 2.45) is 40.3 Å². The van der Waals surface area contributed by atoms with E-state index in [1.54, 1.807) is 28.0 Å². The molecule has 0 aromatic carbocycles. The molecule has 2 unspecified atom stereocenters. The number of hydrazine groups is 1. The minimum absolute atomic E-state index is 0.0160. The van der Waals surface area contributed by atoms with Gasteiger partial charge in [-0.3, -0.25) is 87.3 Å². The van der Waals surface area contributed by atoms with Gasteiger partial charge in [-0.05, 0) is 136 Å². The highest BCUT2D eigenvalue weighted by Crippen LogP contribution is 2.33. The first-order valence-corrected chi connectivity index (χ1v) is 49.5. The van der Waals surface area contributed by atoms with Crippen LogP contribution in [0.5, 0.6) is 0 Å². The molecular formula is C95H162N14O19S3. The highest BCUT2D eigenvalue weighted by molar-refractivity contribution is 8.00. The molecule has 2 atom stereocenters. The van der Waals surface area contributed by atoms with E-state index in [2.05, 4.69) is 117 Å². The molecular weight excluding hydrogens is 1740 g/mol. The number of carbonyl (C=O) groups excluding carboxylic acids is 10. The van der Waals surface area contributed by atoms with Crippen LogP contribution in [-0.2, 0) is 138 Å². The number of carbonyl (C=O) groups is 10. The molecule has 36 heteroatoms. The van der Waals surface area contributed by atoms with E-state index >= 15 is 0 Å². The standard InChI is InChI=1S/C12H22N2O.C11H20N2O.C11H20O2.C9H14N2O.C9H16O2.C8H12N2O3S.C8H12N2OS.C7H12N2O.C7H10O2.C6H8O2S.C5H8O2.C2H8N2O/c1-9(2)10-8-11(12(3,4)5)13-14(10)6-7-15;1-8(2)10-7-11(9(3)4)13(12-10)5-6-14;1-10(2,3)8(12)7-9(13)11(4,5)6;1-7-8-3-2-4-9(8)11(10-7)5-6-12;1-6(2)8(10)5-9(11)7(3)4;1-6-7-4-14(12,13)5-8(7)10(9-6)2-3-11;1-6-7-4-12-5-8(7)10(9-6)2-3-11;1-6-5-7(2)9(8-6)3-4-10;1-5(8)6-3-2-4-7(6)9;1-4(7)5-2-9-3-6(5)8;1-4(6)3-5(2)7;3-4-1-2-5/h8-9,15H,6-7H2,1-5H3;7-9,14H,5-6H2,1-4H3;7H2,1-6H3;12H,2-6H2,1H3;6-7H,5H2,1-4H3;11H,2-5H2,1H3;11H,2-5H2,1H3;5,10H,3-4H2,1-2H3;6H,2-4H2,1H3;5H,2-3H2,1H3;3H2,1-2H3;4-5H,1-3H2. The first-order valence-electron chi connectivity index (χ1n) is 45.4. The third kappa shape index (κ3) is 45.9. The number of aryl methyl sites for hydroxylation is 5. The van der Waals surface area contributed by atoms with Crippen LogP contribution < -0.4 is 11.3 Å². The summed E-state index contributed by atoms with van der Waals surface area (Å²) in [5, 5.41) is 86.9. The number of aliphatic hydroxyl groups excluding tert-OH is 7. The second kappa shape index (κ2) is 61.3. The summed E-state index contributed by atoms with van der Waals surface area (Å²) in [6.45, 7) is 58.0. The predicted molar refractivity (Wildman–Crippen MR) is 517 cm³/mol. The summed E-state index contributed by atoms with van der Waals surface area (Å²) in [7, 11) is -2.97. The van der Waals surface area contributed by atoms with Crippen LogP contribution in [0.15, 0.2) is 18.2 Å². The van der Waals surface area contributed by atoms with Gasteiger partial charge in [-0.25, -0.2) is 8.42 Å². The number of Topliss-reactive ketones (excluding diaryl/α,β-unsaturated/α-hetero) is 10. The van der Waals surface area contributed by atoms with E-state index in [1.807, 2.05) is 127 Å². The Balaban J connectivity index is 0.00000142. The minimum Gasteiger partial charge on any atom is -0.395 e. The number of ketones is 10. The largest absolute Gasteiger partial charge is 0.395 e. The summed E-state index contributed by atoms with van der Waals surface area (Å²) in [5.41, 5.74) is 18.3. The van der Waals surface area contributed by atoms with Crippen molar-refractivity contribution in [3.05, 3.63) is 103 Å². The van der Waals surface area contributed by atoms with Crippen molar-refractivity contribution in [1.82, 2.24) is 64.1 Å². The van der Waals surface area contributed by atoms with Crippen molar-refractivity contribution in [1.29, 1.82) is 0 Å². The number of fused-ring (bicyclic) bond motifs is 3. The fraction of sp³-hybridized carbons (Fsp3) is 0.705. The van der Waals surface area contributed by atoms with Crippen LogP contribution in [0.25, 0.3) is 0 Å². The maximum Gasteiger partial charge on any atom is 0.160 e. The Hall–Kier alpha value is -7.75. The van der Waals surface area contributed by atoms with Gasteiger partial charge in [-0.2, -0.15) is 54.1 Å². The van der Waals surface area contributed by atoms with E-state index in [0.717, 1.165) is 81.9 Å². The summed E-state index contributed by atoms with van der Waals surface area (Å²) >= 11 is 3.47. The number of nitrogens with one attached hydrogen (secondary N) is 1. The Kier molecular flexibility index (Phi) is 57.7. The quantitative estimate of drug-likeness (QED) is 0.0131. The van der Waals surface area contributed by atoms with Gasteiger partial charge in [0.1, 0.15) is 52.0 Å². The summed E-state index contributed by atoms with van der Waals surface area (Å²) in [6.07, 6.45) is 6.12. The minimum atomic E-state index is -2.97. The van der Waals surface area contributed by atoms with Gasteiger partial charge in [0, 0.05) is 92.2 Å². The number of sulfone groups is 1. The molecule has 1 saturated carbocycles. The molecule has 2 fully saturated rings.